The van der Waals surface area contributed by atoms with Gasteiger partial charge in [-0.05, 0) is 44.9 Å². The van der Waals surface area contributed by atoms with Crippen molar-refractivity contribution in [2.24, 2.45) is 5.92 Å². The minimum atomic E-state index is 0.298. The summed E-state index contributed by atoms with van der Waals surface area (Å²) in [5, 5.41) is 7.93. The molecule has 6 heteroatoms. The topological polar surface area (TPSA) is 63.1 Å². The first-order valence-corrected chi connectivity index (χ1v) is 9.64. The Hall–Kier alpha value is -1.43. The van der Waals surface area contributed by atoms with Crippen LogP contribution in [-0.4, -0.2) is 50.7 Å². The molecule has 0 unspecified atom stereocenters. The number of nitrogens with one attached hydrogen (secondary N) is 1. The van der Waals surface area contributed by atoms with Crippen LogP contribution in [0, 0.1) is 12.8 Å². The van der Waals surface area contributed by atoms with Gasteiger partial charge in [0.25, 0.3) is 0 Å². The number of rotatable bonds is 3. The fourth-order valence-electron chi connectivity index (χ4n) is 4.87. The molecule has 1 aromatic heterocycles. The fraction of sp³-hybridized carbons (Fsp3) is 0.833. The molecular formula is C18H29N5O. The van der Waals surface area contributed by atoms with Gasteiger partial charge in [0.05, 0.1) is 13.1 Å². The molecule has 1 aromatic rings. The number of likely N-dealkylation sites (tertiary alicyclic amines) is 1. The van der Waals surface area contributed by atoms with E-state index in [4.69, 9.17) is 0 Å². The molecule has 0 aromatic carbocycles. The number of hydrogen-bond donors (Lipinski definition) is 1. The molecule has 1 amide bonds. The lowest BCUT2D eigenvalue weighted by Gasteiger charge is -2.44. The Bertz CT molecular complexity index is 596. The molecule has 3 aliphatic rings. The first-order valence-electron chi connectivity index (χ1n) is 9.64. The number of fused-ring (bicyclic) bond motifs is 2. The highest BCUT2D eigenvalue weighted by molar-refractivity contribution is 5.78. The van der Waals surface area contributed by atoms with E-state index in [9.17, 15) is 4.79 Å². The number of amides is 1. The van der Waals surface area contributed by atoms with Crippen LogP contribution in [0.4, 0.5) is 0 Å². The molecule has 3 atom stereocenters. The van der Waals surface area contributed by atoms with Crippen LogP contribution in [0.3, 0.4) is 0 Å². The van der Waals surface area contributed by atoms with E-state index >= 15 is 0 Å². The Kier molecular flexibility index (Phi) is 4.57. The maximum atomic E-state index is 12.8. The number of hydrogen-bond acceptors (Lipinski definition) is 4. The highest BCUT2D eigenvalue weighted by Crippen LogP contribution is 2.35. The fourth-order valence-corrected chi connectivity index (χ4v) is 4.87. The molecule has 0 radical (unpaired) electrons. The summed E-state index contributed by atoms with van der Waals surface area (Å²) >= 11 is 0. The number of aromatic nitrogens is 3. The van der Waals surface area contributed by atoms with Gasteiger partial charge in [-0.1, -0.05) is 12.8 Å². The summed E-state index contributed by atoms with van der Waals surface area (Å²) in [7, 11) is 0. The van der Waals surface area contributed by atoms with Crippen LogP contribution < -0.4 is 5.32 Å². The monoisotopic (exact) mass is 331 g/mol. The van der Waals surface area contributed by atoms with Gasteiger partial charge in [0, 0.05) is 25.0 Å². The third-order valence-corrected chi connectivity index (χ3v) is 6.07. The Balaban J connectivity index is 1.32. The van der Waals surface area contributed by atoms with E-state index in [1.807, 2.05) is 11.6 Å². The van der Waals surface area contributed by atoms with E-state index in [1.165, 1.54) is 38.5 Å². The quantitative estimate of drug-likeness (QED) is 0.915. The molecule has 1 saturated carbocycles. The van der Waals surface area contributed by atoms with Crippen LogP contribution in [0.25, 0.3) is 0 Å². The van der Waals surface area contributed by atoms with Crippen molar-refractivity contribution in [1.82, 2.24) is 25.0 Å². The molecular weight excluding hydrogens is 302 g/mol. The third-order valence-electron chi connectivity index (χ3n) is 6.07. The molecule has 2 fully saturated rings. The van der Waals surface area contributed by atoms with Gasteiger partial charge in [-0.2, -0.15) is 5.10 Å². The van der Waals surface area contributed by atoms with Gasteiger partial charge < -0.3 is 10.2 Å². The Morgan fingerprint density at radius 1 is 1.21 bits per heavy atom. The molecule has 0 spiro atoms. The van der Waals surface area contributed by atoms with Crippen molar-refractivity contribution >= 4 is 5.91 Å². The van der Waals surface area contributed by atoms with E-state index in [0.717, 1.165) is 43.5 Å². The Morgan fingerprint density at radius 2 is 2.04 bits per heavy atom. The second-order valence-corrected chi connectivity index (χ2v) is 7.72. The smallest absolute Gasteiger partial charge is 0.236 e. The number of aryl methyl sites for hydroxylation is 2. The highest BCUT2D eigenvalue weighted by atomic mass is 16.2. The summed E-state index contributed by atoms with van der Waals surface area (Å²) in [6, 6.07) is 0.840. The normalized spacial score (nSPS) is 29.9. The summed E-state index contributed by atoms with van der Waals surface area (Å²) in [5.41, 5.74) is 0. The van der Waals surface area contributed by atoms with Gasteiger partial charge in [0.2, 0.25) is 5.91 Å². The van der Waals surface area contributed by atoms with E-state index in [1.54, 1.807) is 0 Å². The van der Waals surface area contributed by atoms with Crippen molar-refractivity contribution in [2.75, 3.05) is 13.1 Å². The molecule has 0 bridgehead atoms. The average Bonchev–Trinajstić information content (AvgIpc) is 2.98. The number of piperidine rings is 1. The highest BCUT2D eigenvalue weighted by Gasteiger charge is 2.35. The summed E-state index contributed by atoms with van der Waals surface area (Å²) in [6.07, 6.45) is 9.65. The predicted molar refractivity (Wildman–Crippen MR) is 91.6 cm³/mol. The molecule has 1 N–H and O–H groups in total. The van der Waals surface area contributed by atoms with Gasteiger partial charge in [-0.25, -0.2) is 9.67 Å². The van der Waals surface area contributed by atoms with Crippen molar-refractivity contribution in [3.05, 3.63) is 11.6 Å². The standard InChI is InChI=1S/C18H29N5O/c1-13-20-17-9-8-15(12-23(17)21-13)19-11-18(24)22-10-4-6-14-5-2-3-7-16(14)22/h14-16,19H,2-12H2,1H3/t14-,15-,16+/m1/s1. The summed E-state index contributed by atoms with van der Waals surface area (Å²) < 4.78 is 2.00. The average molecular weight is 331 g/mol. The van der Waals surface area contributed by atoms with Gasteiger partial charge in [0.1, 0.15) is 11.6 Å². The van der Waals surface area contributed by atoms with E-state index in [0.29, 0.717) is 24.5 Å². The van der Waals surface area contributed by atoms with Gasteiger partial charge in [0.15, 0.2) is 0 Å². The van der Waals surface area contributed by atoms with E-state index < -0.39 is 0 Å². The molecule has 1 aliphatic carbocycles. The summed E-state index contributed by atoms with van der Waals surface area (Å²) in [5.74, 6) is 2.98. The first-order chi connectivity index (χ1) is 11.7. The Labute approximate surface area is 144 Å². The molecule has 1 saturated heterocycles. The van der Waals surface area contributed by atoms with Gasteiger partial charge >= 0.3 is 0 Å². The van der Waals surface area contributed by atoms with Crippen LogP contribution >= 0.6 is 0 Å². The maximum absolute atomic E-state index is 12.8. The van der Waals surface area contributed by atoms with Crippen LogP contribution in [-0.2, 0) is 17.8 Å². The molecule has 2 aliphatic heterocycles. The third kappa shape index (κ3) is 3.21. The molecule has 6 nitrogen and oxygen atoms in total. The maximum Gasteiger partial charge on any atom is 0.236 e. The van der Waals surface area contributed by atoms with Crippen molar-refractivity contribution in [3.63, 3.8) is 0 Å². The van der Waals surface area contributed by atoms with Crippen molar-refractivity contribution in [1.29, 1.82) is 0 Å². The van der Waals surface area contributed by atoms with Crippen LogP contribution in [0.2, 0.25) is 0 Å². The van der Waals surface area contributed by atoms with Crippen molar-refractivity contribution < 1.29 is 4.79 Å². The molecule has 24 heavy (non-hydrogen) atoms. The molecule has 3 heterocycles. The lowest BCUT2D eigenvalue weighted by atomic mass is 9.78. The van der Waals surface area contributed by atoms with Crippen LogP contribution in [0.1, 0.15) is 56.6 Å². The lowest BCUT2D eigenvalue weighted by molar-refractivity contribution is -0.136. The largest absolute Gasteiger partial charge is 0.338 e. The molecule has 4 rings (SSSR count). The minimum Gasteiger partial charge on any atom is -0.338 e. The Morgan fingerprint density at radius 3 is 2.96 bits per heavy atom. The minimum absolute atomic E-state index is 0.298. The number of nitrogens with zero attached hydrogens (tertiary/aromatic N) is 4. The summed E-state index contributed by atoms with van der Waals surface area (Å²) in [6.45, 7) is 4.19. The van der Waals surface area contributed by atoms with Gasteiger partial charge in [-0.15, -0.1) is 0 Å². The molecule has 132 valence electrons. The van der Waals surface area contributed by atoms with Crippen LogP contribution in [0.5, 0.6) is 0 Å². The number of carbonyl (C=O) groups excluding carboxylic acids is 1. The van der Waals surface area contributed by atoms with E-state index in [2.05, 4.69) is 20.3 Å². The predicted octanol–water partition coefficient (Wildman–Crippen LogP) is 1.67. The second kappa shape index (κ2) is 6.82. The van der Waals surface area contributed by atoms with Crippen molar-refractivity contribution in [2.45, 2.75) is 76.9 Å². The zero-order chi connectivity index (χ0) is 16.5. The van der Waals surface area contributed by atoms with Crippen molar-refractivity contribution in [3.8, 4) is 0 Å². The second-order valence-electron chi connectivity index (χ2n) is 7.72. The summed E-state index contributed by atoms with van der Waals surface area (Å²) in [4.78, 5) is 19.4. The number of carbonyl (C=O) groups is 1. The van der Waals surface area contributed by atoms with E-state index in [-0.39, 0.29) is 0 Å². The van der Waals surface area contributed by atoms with Crippen LogP contribution in [0.15, 0.2) is 0 Å². The SMILES string of the molecule is Cc1nc2n(n1)C[C@H](NCC(=O)N1CCC[C@H]3CCCC[C@@H]31)CC2. The van der Waals surface area contributed by atoms with Gasteiger partial charge in [-0.3, -0.25) is 4.79 Å². The lowest BCUT2D eigenvalue weighted by Crippen LogP contribution is -2.53. The zero-order valence-electron chi connectivity index (χ0n) is 14.7. The zero-order valence-corrected chi connectivity index (χ0v) is 14.7. The first kappa shape index (κ1) is 16.1.